The summed E-state index contributed by atoms with van der Waals surface area (Å²) in [6, 6.07) is 9.71. The Morgan fingerprint density at radius 3 is 2.65 bits per heavy atom. The number of hydrogen-bond donors (Lipinski definition) is 1. The van der Waals surface area contributed by atoms with Crippen LogP contribution in [0.4, 0.5) is 0 Å². The second-order valence-corrected chi connectivity index (χ2v) is 7.09. The van der Waals surface area contributed by atoms with E-state index in [2.05, 4.69) is 60.9 Å². The Hall–Kier alpha value is -1.72. The number of nitrogens with one attached hydrogen (secondary N) is 1. The van der Waals surface area contributed by atoms with Crippen molar-refractivity contribution < 1.29 is 4.79 Å². The van der Waals surface area contributed by atoms with Gasteiger partial charge in [-0.25, -0.2) is 0 Å². The first-order chi connectivity index (χ1) is 11.0. The maximum Gasteiger partial charge on any atom is 0.190 e. The molecule has 0 bridgehead atoms. The number of fused-ring (bicyclic) bond motifs is 1. The second kappa shape index (κ2) is 6.81. The van der Waals surface area contributed by atoms with Gasteiger partial charge in [-0.2, -0.15) is 0 Å². The van der Waals surface area contributed by atoms with Gasteiger partial charge < -0.3 is 5.32 Å². The number of allylic oxidation sites excluding steroid dienone is 2. The first-order valence-electron chi connectivity index (χ1n) is 7.14. The first kappa shape index (κ1) is 16.1. The van der Waals surface area contributed by atoms with E-state index in [4.69, 9.17) is 0 Å². The van der Waals surface area contributed by atoms with E-state index in [1.165, 1.54) is 5.56 Å². The van der Waals surface area contributed by atoms with Crippen molar-refractivity contribution in [2.24, 2.45) is 0 Å². The van der Waals surface area contributed by atoms with Gasteiger partial charge in [0.05, 0.1) is 5.69 Å². The molecule has 0 aliphatic heterocycles. The Labute approximate surface area is 151 Å². The molecule has 23 heavy (non-hydrogen) atoms. The third kappa shape index (κ3) is 3.62. The number of carbonyl (C=O) groups is 1. The van der Waals surface area contributed by atoms with Crippen LogP contribution in [0.25, 0.3) is 5.57 Å². The van der Waals surface area contributed by atoms with Crippen LogP contribution in [-0.4, -0.2) is 17.3 Å². The summed E-state index contributed by atoms with van der Waals surface area (Å²) >= 11 is 6.98. The number of nitrogens with zero attached hydrogens (tertiary/aromatic N) is 1. The van der Waals surface area contributed by atoms with E-state index in [0.29, 0.717) is 17.8 Å². The van der Waals surface area contributed by atoms with E-state index in [0.717, 1.165) is 26.6 Å². The molecule has 0 spiro atoms. The lowest BCUT2D eigenvalue weighted by molar-refractivity contribution is 0.104. The predicted octanol–water partition coefficient (Wildman–Crippen LogP) is 4.53. The van der Waals surface area contributed by atoms with E-state index < -0.39 is 0 Å². The topological polar surface area (TPSA) is 42.0 Å². The van der Waals surface area contributed by atoms with Crippen LogP contribution in [0.3, 0.4) is 0 Å². The van der Waals surface area contributed by atoms with Crippen molar-refractivity contribution in [3.05, 3.63) is 80.6 Å². The third-order valence-electron chi connectivity index (χ3n) is 3.61. The SMILES string of the molecule is C=C1C(NCCc2cc(Br)cc(Br)c2)=CC(=O)c2cccnc21. The minimum absolute atomic E-state index is 0.0341. The highest BCUT2D eigenvalue weighted by Gasteiger charge is 2.21. The van der Waals surface area contributed by atoms with Crippen LogP contribution in [0.15, 0.2) is 63.8 Å². The number of pyridine rings is 1. The van der Waals surface area contributed by atoms with Gasteiger partial charge in [0.25, 0.3) is 0 Å². The summed E-state index contributed by atoms with van der Waals surface area (Å²) in [7, 11) is 0. The van der Waals surface area contributed by atoms with Crippen LogP contribution in [0, 0.1) is 0 Å². The van der Waals surface area contributed by atoms with Crippen molar-refractivity contribution in [3.8, 4) is 0 Å². The van der Waals surface area contributed by atoms with Crippen molar-refractivity contribution in [3.63, 3.8) is 0 Å². The van der Waals surface area contributed by atoms with E-state index in [1.807, 2.05) is 6.07 Å². The van der Waals surface area contributed by atoms with Crippen molar-refractivity contribution >= 4 is 43.2 Å². The Balaban J connectivity index is 1.69. The summed E-state index contributed by atoms with van der Waals surface area (Å²) in [4.78, 5) is 16.4. The molecule has 1 heterocycles. The quantitative estimate of drug-likeness (QED) is 0.769. The molecule has 1 aliphatic rings. The van der Waals surface area contributed by atoms with E-state index in [9.17, 15) is 4.79 Å². The van der Waals surface area contributed by atoms with Crippen LogP contribution in [0.1, 0.15) is 21.6 Å². The summed E-state index contributed by atoms with van der Waals surface area (Å²) in [5.41, 5.74) is 3.98. The minimum atomic E-state index is -0.0341. The van der Waals surface area contributed by atoms with Gasteiger partial charge in [-0.3, -0.25) is 9.78 Å². The summed E-state index contributed by atoms with van der Waals surface area (Å²) < 4.78 is 2.08. The average Bonchev–Trinajstić information content (AvgIpc) is 2.51. The molecular formula is C18H14Br2N2O. The number of aromatic nitrogens is 1. The Kier molecular flexibility index (Phi) is 4.78. The molecule has 116 valence electrons. The summed E-state index contributed by atoms with van der Waals surface area (Å²) in [5.74, 6) is -0.0341. The first-order valence-corrected chi connectivity index (χ1v) is 8.73. The molecule has 3 rings (SSSR count). The lowest BCUT2D eigenvalue weighted by atomic mass is 9.95. The van der Waals surface area contributed by atoms with Gasteiger partial charge in [-0.1, -0.05) is 38.4 Å². The van der Waals surface area contributed by atoms with E-state index >= 15 is 0 Å². The molecule has 0 fully saturated rings. The molecule has 0 atom stereocenters. The highest BCUT2D eigenvalue weighted by molar-refractivity contribution is 9.11. The molecule has 5 heteroatoms. The van der Waals surface area contributed by atoms with Crippen molar-refractivity contribution in [2.45, 2.75) is 6.42 Å². The highest BCUT2D eigenvalue weighted by Crippen LogP contribution is 2.27. The van der Waals surface area contributed by atoms with Crippen LogP contribution < -0.4 is 5.32 Å². The number of carbonyl (C=O) groups excluding carboxylic acids is 1. The van der Waals surface area contributed by atoms with Crippen LogP contribution >= 0.6 is 31.9 Å². The molecule has 1 N–H and O–H groups in total. The normalized spacial score (nSPS) is 13.6. The number of rotatable bonds is 4. The van der Waals surface area contributed by atoms with Crippen molar-refractivity contribution in [1.82, 2.24) is 10.3 Å². The number of halogens is 2. The van der Waals surface area contributed by atoms with Crippen LogP contribution in [0.5, 0.6) is 0 Å². The highest BCUT2D eigenvalue weighted by atomic mass is 79.9. The zero-order chi connectivity index (χ0) is 16.4. The smallest absolute Gasteiger partial charge is 0.190 e. The maximum atomic E-state index is 12.2. The van der Waals surface area contributed by atoms with Gasteiger partial charge in [-0.15, -0.1) is 0 Å². The minimum Gasteiger partial charge on any atom is -0.384 e. The zero-order valence-corrected chi connectivity index (χ0v) is 15.4. The van der Waals surface area contributed by atoms with Gasteiger partial charge in [0.2, 0.25) is 0 Å². The predicted molar refractivity (Wildman–Crippen MR) is 99.2 cm³/mol. The Morgan fingerprint density at radius 1 is 1.17 bits per heavy atom. The molecule has 2 aromatic rings. The lowest BCUT2D eigenvalue weighted by Gasteiger charge is -2.19. The second-order valence-electron chi connectivity index (χ2n) is 5.25. The average molecular weight is 434 g/mol. The third-order valence-corrected chi connectivity index (χ3v) is 4.53. The summed E-state index contributed by atoms with van der Waals surface area (Å²) in [5, 5.41) is 3.30. The largest absolute Gasteiger partial charge is 0.384 e. The fourth-order valence-electron chi connectivity index (χ4n) is 2.52. The number of hydrogen-bond acceptors (Lipinski definition) is 3. The van der Waals surface area contributed by atoms with Gasteiger partial charge in [0.15, 0.2) is 5.78 Å². The molecule has 1 aromatic carbocycles. The fourth-order valence-corrected chi connectivity index (χ4v) is 3.91. The fraction of sp³-hybridized carbons (Fsp3) is 0.111. The molecule has 0 saturated heterocycles. The maximum absolute atomic E-state index is 12.2. The number of ketones is 1. The van der Waals surface area contributed by atoms with Gasteiger partial charge in [0.1, 0.15) is 0 Å². The van der Waals surface area contributed by atoms with Crippen molar-refractivity contribution in [2.75, 3.05) is 6.54 Å². The molecule has 0 radical (unpaired) electrons. The molecule has 0 unspecified atom stereocenters. The number of benzene rings is 1. The van der Waals surface area contributed by atoms with Crippen molar-refractivity contribution in [1.29, 1.82) is 0 Å². The van der Waals surface area contributed by atoms with Crippen LogP contribution in [0.2, 0.25) is 0 Å². The Bertz CT molecular complexity index is 807. The lowest BCUT2D eigenvalue weighted by Crippen LogP contribution is -2.22. The zero-order valence-electron chi connectivity index (χ0n) is 12.3. The molecule has 0 saturated carbocycles. The van der Waals surface area contributed by atoms with Crippen LogP contribution in [-0.2, 0) is 6.42 Å². The van der Waals surface area contributed by atoms with Gasteiger partial charge >= 0.3 is 0 Å². The van der Waals surface area contributed by atoms with E-state index in [-0.39, 0.29) is 5.78 Å². The molecule has 1 aromatic heterocycles. The van der Waals surface area contributed by atoms with E-state index in [1.54, 1.807) is 24.4 Å². The summed E-state index contributed by atoms with van der Waals surface area (Å²) in [6.45, 7) is 4.78. The monoisotopic (exact) mass is 432 g/mol. The Morgan fingerprint density at radius 2 is 1.91 bits per heavy atom. The molecule has 0 amide bonds. The molecular weight excluding hydrogens is 420 g/mol. The summed E-state index contributed by atoms with van der Waals surface area (Å²) in [6.07, 6.45) is 4.12. The molecule has 3 nitrogen and oxygen atoms in total. The van der Waals surface area contributed by atoms with Gasteiger partial charge in [0, 0.05) is 44.6 Å². The van der Waals surface area contributed by atoms with Gasteiger partial charge in [-0.05, 0) is 42.3 Å². The molecule has 1 aliphatic carbocycles. The standard InChI is InChI=1S/C18H14Br2N2O/c1-11-16(10-17(23)15-3-2-5-22-18(11)15)21-6-4-12-7-13(19)9-14(20)8-12/h2-3,5,7-10,21H,1,4,6H2.